The molecule has 3 heteroatoms. The van der Waals surface area contributed by atoms with E-state index in [0.29, 0.717) is 0 Å². The minimum absolute atomic E-state index is 0.744. The van der Waals surface area contributed by atoms with Gasteiger partial charge in [-0.15, -0.1) is 0 Å². The van der Waals surface area contributed by atoms with Crippen LogP contribution in [0.5, 0.6) is 0 Å². The van der Waals surface area contributed by atoms with E-state index in [1.807, 2.05) is 0 Å². The van der Waals surface area contributed by atoms with E-state index in [9.17, 15) is 0 Å². The van der Waals surface area contributed by atoms with Crippen LogP contribution in [0.15, 0.2) is 0 Å². The maximum atomic E-state index is 3.65. The Hall–Kier alpha value is -0.120. The molecule has 0 bridgehead atoms. The van der Waals surface area contributed by atoms with Crippen molar-refractivity contribution in [3.05, 3.63) is 0 Å². The van der Waals surface area contributed by atoms with E-state index in [-0.39, 0.29) is 0 Å². The molecule has 0 aromatic carbocycles. The van der Waals surface area contributed by atoms with Crippen LogP contribution in [0.1, 0.15) is 39.5 Å². The largest absolute Gasteiger partial charge is 0.314 e. The summed E-state index contributed by atoms with van der Waals surface area (Å²) in [6, 6.07) is 1.54. The standard InChI is InChI=1S/C14H29N3/c1-3-17-11-10-16(12-13(17)2)9-7-14-6-4-5-8-15-14/h13-15H,3-12H2,1-2H3. The highest BCUT2D eigenvalue weighted by Crippen LogP contribution is 2.13. The molecule has 2 rings (SSSR count). The molecule has 0 amide bonds. The number of piperazine rings is 1. The van der Waals surface area contributed by atoms with Gasteiger partial charge < -0.3 is 10.2 Å². The van der Waals surface area contributed by atoms with Gasteiger partial charge in [0.1, 0.15) is 0 Å². The first-order chi connectivity index (χ1) is 8.29. The molecule has 0 aliphatic carbocycles. The lowest BCUT2D eigenvalue weighted by atomic mass is 10.0. The predicted octanol–water partition coefficient (Wildman–Crippen LogP) is 1.54. The van der Waals surface area contributed by atoms with Crippen LogP contribution < -0.4 is 5.32 Å². The van der Waals surface area contributed by atoms with Gasteiger partial charge >= 0.3 is 0 Å². The van der Waals surface area contributed by atoms with Crippen LogP contribution in [0.4, 0.5) is 0 Å². The molecule has 0 saturated carbocycles. The smallest absolute Gasteiger partial charge is 0.0195 e. The van der Waals surface area contributed by atoms with Gasteiger partial charge in [-0.1, -0.05) is 13.3 Å². The van der Waals surface area contributed by atoms with Crippen LogP contribution in [0.25, 0.3) is 0 Å². The first-order valence-corrected chi connectivity index (χ1v) is 7.49. The number of hydrogen-bond acceptors (Lipinski definition) is 3. The van der Waals surface area contributed by atoms with Crippen molar-refractivity contribution >= 4 is 0 Å². The Morgan fingerprint density at radius 3 is 2.76 bits per heavy atom. The fourth-order valence-corrected chi connectivity index (χ4v) is 3.25. The fourth-order valence-electron chi connectivity index (χ4n) is 3.25. The van der Waals surface area contributed by atoms with Crippen LogP contribution >= 0.6 is 0 Å². The summed E-state index contributed by atoms with van der Waals surface area (Å²) < 4.78 is 0. The summed E-state index contributed by atoms with van der Waals surface area (Å²) in [6.45, 7) is 12.2. The Kier molecular flexibility index (Phi) is 5.26. The Bertz CT molecular complexity index is 214. The maximum absolute atomic E-state index is 3.65. The van der Waals surface area contributed by atoms with E-state index in [4.69, 9.17) is 0 Å². The van der Waals surface area contributed by atoms with Crippen molar-refractivity contribution < 1.29 is 0 Å². The number of likely N-dealkylation sites (N-methyl/N-ethyl adjacent to an activating group) is 1. The van der Waals surface area contributed by atoms with E-state index in [2.05, 4.69) is 29.0 Å². The molecule has 2 fully saturated rings. The molecule has 2 saturated heterocycles. The van der Waals surface area contributed by atoms with Gasteiger partial charge in [0.05, 0.1) is 0 Å². The second-order valence-corrected chi connectivity index (χ2v) is 5.71. The zero-order valence-electron chi connectivity index (χ0n) is 11.6. The van der Waals surface area contributed by atoms with Crippen LogP contribution in [0.2, 0.25) is 0 Å². The zero-order valence-corrected chi connectivity index (χ0v) is 11.6. The van der Waals surface area contributed by atoms with Crippen molar-refractivity contribution in [3.8, 4) is 0 Å². The third-order valence-corrected chi connectivity index (χ3v) is 4.46. The lowest BCUT2D eigenvalue weighted by molar-refractivity contribution is 0.0845. The monoisotopic (exact) mass is 239 g/mol. The van der Waals surface area contributed by atoms with Crippen molar-refractivity contribution in [2.75, 3.05) is 39.3 Å². The molecular weight excluding hydrogens is 210 g/mol. The molecule has 100 valence electrons. The van der Waals surface area contributed by atoms with E-state index < -0.39 is 0 Å². The lowest BCUT2D eigenvalue weighted by Gasteiger charge is -2.40. The number of nitrogens with zero attached hydrogens (tertiary/aromatic N) is 2. The zero-order chi connectivity index (χ0) is 12.1. The summed E-state index contributed by atoms with van der Waals surface area (Å²) >= 11 is 0. The normalized spacial score (nSPS) is 32.8. The predicted molar refractivity (Wildman–Crippen MR) is 73.4 cm³/mol. The molecule has 0 radical (unpaired) electrons. The molecule has 0 aromatic rings. The summed E-state index contributed by atoms with van der Waals surface area (Å²) in [7, 11) is 0. The molecule has 2 aliphatic heterocycles. The van der Waals surface area contributed by atoms with E-state index in [1.54, 1.807) is 0 Å². The third-order valence-electron chi connectivity index (χ3n) is 4.46. The van der Waals surface area contributed by atoms with Crippen molar-refractivity contribution in [2.24, 2.45) is 0 Å². The van der Waals surface area contributed by atoms with Crippen molar-refractivity contribution in [3.63, 3.8) is 0 Å². The molecule has 2 unspecified atom stereocenters. The Morgan fingerprint density at radius 2 is 2.12 bits per heavy atom. The molecule has 2 aliphatic rings. The molecule has 17 heavy (non-hydrogen) atoms. The molecule has 0 aromatic heterocycles. The number of rotatable bonds is 4. The average molecular weight is 239 g/mol. The van der Waals surface area contributed by atoms with Crippen LogP contribution in [0.3, 0.4) is 0 Å². The SMILES string of the molecule is CCN1CCN(CCC2CCCCN2)CC1C. The second kappa shape index (κ2) is 6.72. The number of hydrogen-bond donors (Lipinski definition) is 1. The van der Waals surface area contributed by atoms with Crippen LogP contribution in [-0.2, 0) is 0 Å². The highest BCUT2D eigenvalue weighted by Gasteiger charge is 2.22. The molecule has 1 N–H and O–H groups in total. The Balaban J connectivity index is 1.66. The molecular formula is C14H29N3. The minimum Gasteiger partial charge on any atom is -0.314 e. The summed E-state index contributed by atoms with van der Waals surface area (Å²) in [6.07, 6.45) is 5.55. The summed E-state index contributed by atoms with van der Waals surface area (Å²) in [4.78, 5) is 5.25. The fraction of sp³-hybridized carbons (Fsp3) is 1.00. The van der Waals surface area contributed by atoms with E-state index >= 15 is 0 Å². The Labute approximate surface area is 107 Å². The summed E-state index contributed by atoms with van der Waals surface area (Å²) in [5.41, 5.74) is 0. The minimum atomic E-state index is 0.744. The van der Waals surface area contributed by atoms with Gasteiger partial charge in [-0.05, 0) is 45.8 Å². The molecule has 2 atom stereocenters. The van der Waals surface area contributed by atoms with Gasteiger partial charge in [0.2, 0.25) is 0 Å². The number of piperidine rings is 1. The van der Waals surface area contributed by atoms with Crippen molar-refractivity contribution in [1.29, 1.82) is 0 Å². The molecule has 3 nitrogen and oxygen atoms in total. The molecule has 2 heterocycles. The topological polar surface area (TPSA) is 18.5 Å². The van der Waals surface area contributed by atoms with Crippen LogP contribution in [-0.4, -0.2) is 61.2 Å². The van der Waals surface area contributed by atoms with Gasteiger partial charge in [0, 0.05) is 31.7 Å². The van der Waals surface area contributed by atoms with Crippen LogP contribution in [0, 0.1) is 0 Å². The maximum Gasteiger partial charge on any atom is 0.0195 e. The quantitative estimate of drug-likeness (QED) is 0.803. The highest BCUT2D eigenvalue weighted by atomic mass is 15.3. The summed E-state index contributed by atoms with van der Waals surface area (Å²) in [5.74, 6) is 0. The summed E-state index contributed by atoms with van der Waals surface area (Å²) in [5, 5.41) is 3.65. The first kappa shape index (κ1) is 13.3. The van der Waals surface area contributed by atoms with Gasteiger partial charge in [0.15, 0.2) is 0 Å². The van der Waals surface area contributed by atoms with Gasteiger partial charge in [-0.2, -0.15) is 0 Å². The van der Waals surface area contributed by atoms with Crippen molar-refractivity contribution in [2.45, 2.75) is 51.6 Å². The highest BCUT2D eigenvalue weighted by molar-refractivity contribution is 4.80. The number of nitrogens with one attached hydrogen (secondary N) is 1. The first-order valence-electron chi connectivity index (χ1n) is 7.49. The molecule has 0 spiro atoms. The van der Waals surface area contributed by atoms with Gasteiger partial charge in [0.25, 0.3) is 0 Å². The van der Waals surface area contributed by atoms with Crippen molar-refractivity contribution in [1.82, 2.24) is 15.1 Å². The average Bonchev–Trinajstić information content (AvgIpc) is 2.38. The van der Waals surface area contributed by atoms with Gasteiger partial charge in [-0.3, -0.25) is 4.90 Å². The second-order valence-electron chi connectivity index (χ2n) is 5.71. The van der Waals surface area contributed by atoms with E-state index in [0.717, 1.165) is 12.1 Å². The lowest BCUT2D eigenvalue weighted by Crippen LogP contribution is -2.52. The Morgan fingerprint density at radius 1 is 1.24 bits per heavy atom. The third kappa shape index (κ3) is 3.94. The van der Waals surface area contributed by atoms with Gasteiger partial charge in [-0.25, -0.2) is 0 Å². The van der Waals surface area contributed by atoms with E-state index in [1.165, 1.54) is 65.0 Å².